The third-order valence-electron chi connectivity index (χ3n) is 4.08. The normalized spacial score (nSPS) is 22.2. The van der Waals surface area contributed by atoms with Crippen LogP contribution in [0.1, 0.15) is 25.3 Å². The van der Waals surface area contributed by atoms with E-state index in [1.54, 1.807) is 24.3 Å². The molecule has 5 heteroatoms. The fourth-order valence-corrected chi connectivity index (χ4v) is 2.49. The molecule has 5 nitrogen and oxygen atoms in total. The summed E-state index contributed by atoms with van der Waals surface area (Å²) in [5.41, 5.74) is 1.26. The van der Waals surface area contributed by atoms with Crippen molar-refractivity contribution in [2.24, 2.45) is 5.92 Å². The quantitative estimate of drug-likeness (QED) is 0.862. The van der Waals surface area contributed by atoms with Crippen LogP contribution in [0.15, 0.2) is 24.3 Å². The third kappa shape index (κ3) is 4.03. The molecular formula is C16H21N3O2. The van der Waals surface area contributed by atoms with E-state index in [0.29, 0.717) is 17.2 Å². The van der Waals surface area contributed by atoms with Crippen LogP contribution in [0.4, 0.5) is 5.69 Å². The van der Waals surface area contributed by atoms with Gasteiger partial charge in [0.25, 0.3) is 0 Å². The molecule has 0 aromatic heterocycles. The van der Waals surface area contributed by atoms with Gasteiger partial charge < -0.3 is 10.4 Å². The molecule has 1 saturated carbocycles. The number of hydrogen-bond acceptors (Lipinski definition) is 4. The predicted octanol–water partition coefficient (Wildman–Crippen LogP) is 1.59. The number of aliphatic hydroxyl groups excluding tert-OH is 1. The van der Waals surface area contributed by atoms with Gasteiger partial charge in [0.2, 0.25) is 5.91 Å². The van der Waals surface area contributed by atoms with E-state index in [2.05, 4.69) is 5.32 Å². The number of amides is 1. The molecule has 21 heavy (non-hydrogen) atoms. The van der Waals surface area contributed by atoms with Crippen molar-refractivity contribution in [3.63, 3.8) is 0 Å². The summed E-state index contributed by atoms with van der Waals surface area (Å²) < 4.78 is 0. The van der Waals surface area contributed by atoms with Crippen LogP contribution in [-0.2, 0) is 4.79 Å². The molecule has 2 rings (SSSR count). The van der Waals surface area contributed by atoms with Gasteiger partial charge in [-0.1, -0.05) is 0 Å². The minimum Gasteiger partial charge on any atom is -0.393 e. The van der Waals surface area contributed by atoms with E-state index in [0.717, 1.165) is 19.4 Å². The zero-order valence-corrected chi connectivity index (χ0v) is 12.4. The highest BCUT2D eigenvalue weighted by atomic mass is 16.3. The predicted molar refractivity (Wildman–Crippen MR) is 80.6 cm³/mol. The van der Waals surface area contributed by atoms with Crippen molar-refractivity contribution in [3.05, 3.63) is 29.8 Å². The minimum absolute atomic E-state index is 0.0675. The second-order valence-corrected chi connectivity index (χ2v) is 5.79. The maximum atomic E-state index is 12.2. The monoisotopic (exact) mass is 287 g/mol. The van der Waals surface area contributed by atoms with Crippen LogP contribution in [0, 0.1) is 17.2 Å². The number of likely N-dealkylation sites (N-methyl/N-ethyl adjacent to an activating group) is 1. The van der Waals surface area contributed by atoms with Crippen LogP contribution in [0.5, 0.6) is 0 Å². The Labute approximate surface area is 125 Å². The van der Waals surface area contributed by atoms with Gasteiger partial charge in [0.05, 0.1) is 23.8 Å². The molecule has 1 unspecified atom stereocenters. The molecule has 1 fully saturated rings. The van der Waals surface area contributed by atoms with Crippen LogP contribution in [0.2, 0.25) is 0 Å². The molecule has 0 aliphatic heterocycles. The van der Waals surface area contributed by atoms with Gasteiger partial charge in [-0.15, -0.1) is 0 Å². The van der Waals surface area contributed by atoms with Gasteiger partial charge in [0.15, 0.2) is 0 Å². The van der Waals surface area contributed by atoms with Crippen LogP contribution < -0.4 is 5.32 Å². The Morgan fingerprint density at radius 2 is 2.10 bits per heavy atom. The van der Waals surface area contributed by atoms with E-state index in [4.69, 9.17) is 5.26 Å². The van der Waals surface area contributed by atoms with E-state index < -0.39 is 0 Å². The number of nitrogens with one attached hydrogen (secondary N) is 1. The second-order valence-electron chi connectivity index (χ2n) is 5.79. The topological polar surface area (TPSA) is 76.4 Å². The van der Waals surface area contributed by atoms with Crippen molar-refractivity contribution in [3.8, 4) is 6.07 Å². The summed E-state index contributed by atoms with van der Waals surface area (Å²) in [5.74, 6) is 0.414. The molecule has 1 aliphatic carbocycles. The van der Waals surface area contributed by atoms with E-state index in [1.165, 1.54) is 0 Å². The first-order chi connectivity index (χ1) is 9.99. The molecule has 112 valence electrons. The zero-order valence-electron chi connectivity index (χ0n) is 12.4. The lowest BCUT2D eigenvalue weighted by Crippen LogP contribution is -2.45. The van der Waals surface area contributed by atoms with Gasteiger partial charge in [-0.05, 0) is 57.0 Å². The number of carbonyl (C=O) groups excluding carboxylic acids is 1. The van der Waals surface area contributed by atoms with Crippen LogP contribution in [0.3, 0.4) is 0 Å². The lowest BCUT2D eigenvalue weighted by molar-refractivity contribution is -0.120. The van der Waals surface area contributed by atoms with Crippen molar-refractivity contribution >= 4 is 11.6 Å². The van der Waals surface area contributed by atoms with Crippen molar-refractivity contribution in [1.29, 1.82) is 5.26 Å². The van der Waals surface area contributed by atoms with Crippen LogP contribution in [-0.4, -0.2) is 41.7 Å². The standard InChI is InChI=1S/C16H21N3O2/c1-11(19(2)10-13-7-15(20)8-13)16(21)18-14-5-3-12(9-17)4-6-14/h3-6,11,13,15,20H,7-8,10H2,1-2H3,(H,18,21). The molecule has 1 aromatic rings. The molecule has 1 aliphatic rings. The fraction of sp³-hybridized carbons (Fsp3) is 0.500. The molecule has 2 N–H and O–H groups in total. The van der Waals surface area contributed by atoms with E-state index in [9.17, 15) is 9.90 Å². The molecule has 0 bridgehead atoms. The zero-order chi connectivity index (χ0) is 15.4. The molecular weight excluding hydrogens is 266 g/mol. The van der Waals surface area contributed by atoms with Crippen LogP contribution in [0.25, 0.3) is 0 Å². The molecule has 0 spiro atoms. The van der Waals surface area contributed by atoms with Crippen molar-refractivity contribution in [1.82, 2.24) is 4.90 Å². The fourth-order valence-electron chi connectivity index (χ4n) is 2.49. The van der Waals surface area contributed by atoms with Gasteiger partial charge in [-0.2, -0.15) is 5.26 Å². The highest BCUT2D eigenvalue weighted by Gasteiger charge is 2.30. The third-order valence-corrected chi connectivity index (χ3v) is 4.08. The Kier molecular flexibility index (Phi) is 4.94. The van der Waals surface area contributed by atoms with E-state index in [-0.39, 0.29) is 18.1 Å². The number of carbonyl (C=O) groups is 1. The molecule has 1 amide bonds. The summed E-state index contributed by atoms with van der Waals surface area (Å²) in [4.78, 5) is 14.2. The highest BCUT2D eigenvalue weighted by molar-refractivity contribution is 5.94. The second kappa shape index (κ2) is 6.70. The Morgan fingerprint density at radius 1 is 1.48 bits per heavy atom. The van der Waals surface area contributed by atoms with Crippen molar-refractivity contribution in [2.75, 3.05) is 18.9 Å². The Morgan fingerprint density at radius 3 is 2.62 bits per heavy atom. The first-order valence-electron chi connectivity index (χ1n) is 7.19. The van der Waals surface area contributed by atoms with Gasteiger partial charge in [0.1, 0.15) is 0 Å². The number of benzene rings is 1. The minimum atomic E-state index is -0.238. The Hall–Kier alpha value is -1.90. The summed E-state index contributed by atoms with van der Waals surface area (Å²) in [6.45, 7) is 2.69. The number of aliphatic hydroxyl groups is 1. The van der Waals surface area contributed by atoms with E-state index in [1.807, 2.05) is 24.9 Å². The summed E-state index contributed by atoms with van der Waals surface area (Å²) in [5, 5.41) is 20.9. The maximum absolute atomic E-state index is 12.2. The molecule has 0 radical (unpaired) electrons. The number of anilines is 1. The maximum Gasteiger partial charge on any atom is 0.241 e. The first-order valence-corrected chi connectivity index (χ1v) is 7.19. The Bertz CT molecular complexity index is 529. The molecule has 0 saturated heterocycles. The highest BCUT2D eigenvalue weighted by Crippen LogP contribution is 2.28. The molecule has 1 aromatic carbocycles. The van der Waals surface area contributed by atoms with E-state index >= 15 is 0 Å². The largest absolute Gasteiger partial charge is 0.393 e. The smallest absolute Gasteiger partial charge is 0.241 e. The van der Waals surface area contributed by atoms with Gasteiger partial charge in [-0.3, -0.25) is 9.69 Å². The Balaban J connectivity index is 1.84. The summed E-state index contributed by atoms with van der Waals surface area (Å²) in [6.07, 6.45) is 1.49. The molecule has 1 atom stereocenters. The van der Waals surface area contributed by atoms with Crippen LogP contribution >= 0.6 is 0 Å². The summed E-state index contributed by atoms with van der Waals surface area (Å²) in [6, 6.07) is 8.62. The summed E-state index contributed by atoms with van der Waals surface area (Å²) in [7, 11) is 1.92. The summed E-state index contributed by atoms with van der Waals surface area (Å²) >= 11 is 0. The average molecular weight is 287 g/mol. The SMILES string of the molecule is CC(C(=O)Nc1ccc(C#N)cc1)N(C)CC1CC(O)C1. The number of rotatable bonds is 5. The molecule has 0 heterocycles. The lowest BCUT2D eigenvalue weighted by Gasteiger charge is -2.36. The average Bonchev–Trinajstić information content (AvgIpc) is 2.45. The lowest BCUT2D eigenvalue weighted by atomic mass is 9.82. The van der Waals surface area contributed by atoms with Crippen molar-refractivity contribution < 1.29 is 9.90 Å². The number of hydrogen-bond donors (Lipinski definition) is 2. The van der Waals surface area contributed by atoms with Gasteiger partial charge >= 0.3 is 0 Å². The number of nitriles is 1. The van der Waals surface area contributed by atoms with Gasteiger partial charge in [0, 0.05) is 12.2 Å². The van der Waals surface area contributed by atoms with Gasteiger partial charge in [-0.25, -0.2) is 0 Å². The van der Waals surface area contributed by atoms with Crippen molar-refractivity contribution in [2.45, 2.75) is 31.9 Å². The first kappa shape index (κ1) is 15.5. The number of nitrogens with zero attached hydrogens (tertiary/aromatic N) is 2.